The van der Waals surface area contributed by atoms with Gasteiger partial charge in [-0.1, -0.05) is 70.2 Å². The van der Waals surface area contributed by atoms with Gasteiger partial charge in [0.15, 0.2) is 11.6 Å². The van der Waals surface area contributed by atoms with Crippen LogP contribution >= 0.6 is 0 Å². The number of hydrogen-bond donors (Lipinski definition) is 0. The quantitative estimate of drug-likeness (QED) is 0.418. The number of hydrogen-bond acceptors (Lipinski definition) is 5. The van der Waals surface area contributed by atoms with Crippen LogP contribution in [0.25, 0.3) is 0 Å². The van der Waals surface area contributed by atoms with Gasteiger partial charge in [-0.15, -0.1) is 0 Å². The van der Waals surface area contributed by atoms with Gasteiger partial charge < -0.3 is 14.4 Å². The van der Waals surface area contributed by atoms with E-state index in [1.807, 2.05) is 54.6 Å². The topological polar surface area (TPSA) is 55.8 Å². The van der Waals surface area contributed by atoms with E-state index in [0.717, 1.165) is 52.3 Å². The molecule has 200 valence electrons. The van der Waals surface area contributed by atoms with Gasteiger partial charge >= 0.3 is 0 Å². The monoisotopic (exact) mass is 513 g/mol. The predicted molar refractivity (Wildman–Crippen MR) is 149 cm³/mol. The average molecular weight is 514 g/mol. The number of benzene rings is 2. The third-order valence-corrected chi connectivity index (χ3v) is 8.00. The highest BCUT2D eigenvalue weighted by atomic mass is 16.5. The molecule has 0 saturated heterocycles. The fourth-order valence-corrected chi connectivity index (χ4v) is 6.33. The number of nitrogens with zero attached hydrogens (tertiary/aromatic N) is 1. The lowest BCUT2D eigenvalue weighted by atomic mass is 9.63. The van der Waals surface area contributed by atoms with Gasteiger partial charge in [0.05, 0.1) is 6.61 Å². The van der Waals surface area contributed by atoms with Crippen molar-refractivity contribution in [3.8, 4) is 5.75 Å². The van der Waals surface area contributed by atoms with E-state index in [-0.39, 0.29) is 28.3 Å². The molecule has 2 aromatic carbocycles. The predicted octanol–water partition coefficient (Wildman–Crippen LogP) is 6.60. The lowest BCUT2D eigenvalue weighted by molar-refractivity contribution is -0.119. The second-order valence-corrected chi connectivity index (χ2v) is 12.5. The Kier molecular flexibility index (Phi) is 7.08. The maximum Gasteiger partial charge on any atom is 0.162 e. The second kappa shape index (κ2) is 10.2. The molecule has 38 heavy (non-hydrogen) atoms. The van der Waals surface area contributed by atoms with E-state index in [4.69, 9.17) is 9.47 Å². The summed E-state index contributed by atoms with van der Waals surface area (Å²) in [6.45, 7) is 10.3. The van der Waals surface area contributed by atoms with Crippen LogP contribution in [0.4, 0.5) is 0 Å². The van der Waals surface area contributed by atoms with Crippen molar-refractivity contribution in [1.82, 2.24) is 4.90 Å². The Labute approximate surface area is 226 Å². The molecular formula is C33H39NO4. The molecule has 2 aliphatic carbocycles. The molecule has 3 aliphatic rings. The molecule has 0 spiro atoms. The highest BCUT2D eigenvalue weighted by Crippen LogP contribution is 2.54. The molecule has 0 N–H and O–H groups in total. The summed E-state index contributed by atoms with van der Waals surface area (Å²) in [6.07, 6.45) is 2.58. The molecule has 1 aliphatic heterocycles. The number of ether oxygens (including phenoxy) is 2. The maximum atomic E-state index is 13.8. The van der Waals surface area contributed by atoms with Gasteiger partial charge in [-0.05, 0) is 46.9 Å². The molecule has 0 atom stereocenters. The number of allylic oxidation sites excluding steroid dienone is 4. The van der Waals surface area contributed by atoms with Gasteiger partial charge in [0.2, 0.25) is 0 Å². The summed E-state index contributed by atoms with van der Waals surface area (Å²) < 4.78 is 11.5. The third kappa shape index (κ3) is 5.22. The van der Waals surface area contributed by atoms with E-state index >= 15 is 0 Å². The number of Topliss-reactive ketones (excluding diaryl/α,β-unsaturated/α-hetero) is 2. The molecule has 0 aromatic heterocycles. The number of rotatable bonds is 7. The molecule has 0 saturated carbocycles. The number of ketones is 2. The minimum absolute atomic E-state index is 0.132. The lowest BCUT2D eigenvalue weighted by Crippen LogP contribution is -2.45. The first-order valence-electron chi connectivity index (χ1n) is 13.6. The van der Waals surface area contributed by atoms with Crippen molar-refractivity contribution in [2.45, 2.75) is 65.9 Å². The van der Waals surface area contributed by atoms with Crippen LogP contribution in [0.5, 0.6) is 5.75 Å². The summed E-state index contributed by atoms with van der Waals surface area (Å²) in [5.74, 6) is 0.731. The van der Waals surface area contributed by atoms with Gasteiger partial charge in [-0.3, -0.25) is 9.59 Å². The lowest BCUT2D eigenvalue weighted by Gasteiger charge is -2.49. The molecule has 1 heterocycles. The van der Waals surface area contributed by atoms with Crippen LogP contribution < -0.4 is 4.74 Å². The summed E-state index contributed by atoms with van der Waals surface area (Å²) in [6, 6.07) is 18.1. The SMILES string of the molecule is COCCN1C2=C(C(=O)CC(C)(C)C2)C(c2ccc(OCc3ccccc3)cc2)C2=C1CC(C)(C)CC2=O. The number of carbonyl (C=O) groups excluding carboxylic acids is 2. The zero-order chi connectivity index (χ0) is 27.1. The van der Waals surface area contributed by atoms with E-state index in [1.54, 1.807) is 7.11 Å². The molecular weight excluding hydrogens is 474 g/mol. The number of methoxy groups -OCH3 is 1. The third-order valence-electron chi connectivity index (χ3n) is 8.00. The molecule has 5 heteroatoms. The largest absolute Gasteiger partial charge is 0.489 e. The van der Waals surface area contributed by atoms with Gasteiger partial charge in [0.25, 0.3) is 0 Å². The van der Waals surface area contributed by atoms with Gasteiger partial charge in [-0.2, -0.15) is 0 Å². The fraction of sp³-hybridized carbons (Fsp3) is 0.455. The Morgan fingerprint density at radius 1 is 0.789 bits per heavy atom. The smallest absolute Gasteiger partial charge is 0.162 e. The van der Waals surface area contributed by atoms with Crippen LogP contribution in [0.15, 0.2) is 77.1 Å². The number of carbonyl (C=O) groups is 2. The summed E-state index contributed by atoms with van der Waals surface area (Å²) in [5, 5.41) is 0. The van der Waals surface area contributed by atoms with Crippen molar-refractivity contribution in [2.75, 3.05) is 20.3 Å². The van der Waals surface area contributed by atoms with Crippen molar-refractivity contribution in [3.05, 3.63) is 88.3 Å². The Bertz CT molecular complexity index is 1230. The van der Waals surface area contributed by atoms with Crippen LogP contribution in [0, 0.1) is 10.8 Å². The normalized spacial score (nSPS) is 20.9. The molecule has 5 rings (SSSR count). The van der Waals surface area contributed by atoms with Crippen molar-refractivity contribution in [1.29, 1.82) is 0 Å². The van der Waals surface area contributed by atoms with Crippen LogP contribution in [0.3, 0.4) is 0 Å². The molecule has 0 radical (unpaired) electrons. The Balaban J connectivity index is 1.57. The van der Waals surface area contributed by atoms with Crippen molar-refractivity contribution in [3.63, 3.8) is 0 Å². The van der Waals surface area contributed by atoms with Crippen LogP contribution in [-0.2, 0) is 20.9 Å². The molecule has 5 nitrogen and oxygen atoms in total. The summed E-state index contributed by atoms with van der Waals surface area (Å²) in [4.78, 5) is 29.9. The maximum absolute atomic E-state index is 13.8. The van der Waals surface area contributed by atoms with Crippen molar-refractivity contribution in [2.24, 2.45) is 10.8 Å². The van der Waals surface area contributed by atoms with Crippen LogP contribution in [-0.4, -0.2) is 36.7 Å². The zero-order valence-corrected chi connectivity index (χ0v) is 23.3. The molecule has 0 unspecified atom stereocenters. The van der Waals surface area contributed by atoms with Gasteiger partial charge in [0.1, 0.15) is 12.4 Å². The minimum Gasteiger partial charge on any atom is -0.489 e. The van der Waals surface area contributed by atoms with Gasteiger partial charge in [-0.25, -0.2) is 0 Å². The first-order valence-corrected chi connectivity index (χ1v) is 13.6. The average Bonchev–Trinajstić information content (AvgIpc) is 2.85. The van der Waals surface area contributed by atoms with Crippen molar-refractivity contribution < 1.29 is 19.1 Å². The van der Waals surface area contributed by atoms with E-state index in [0.29, 0.717) is 32.6 Å². The highest BCUT2D eigenvalue weighted by Gasteiger charge is 2.48. The summed E-state index contributed by atoms with van der Waals surface area (Å²) in [7, 11) is 1.70. The van der Waals surface area contributed by atoms with Crippen LogP contribution in [0.2, 0.25) is 0 Å². The molecule has 0 bridgehead atoms. The first kappa shape index (κ1) is 26.4. The highest BCUT2D eigenvalue weighted by molar-refractivity contribution is 6.06. The molecule has 2 aromatic rings. The first-order chi connectivity index (χ1) is 18.1. The zero-order valence-electron chi connectivity index (χ0n) is 23.3. The van der Waals surface area contributed by atoms with Crippen molar-refractivity contribution >= 4 is 11.6 Å². The minimum atomic E-state index is -0.339. The van der Waals surface area contributed by atoms with E-state index in [9.17, 15) is 9.59 Å². The Hall–Kier alpha value is -3.18. The fourth-order valence-electron chi connectivity index (χ4n) is 6.33. The molecule has 0 fully saturated rings. The second-order valence-electron chi connectivity index (χ2n) is 12.5. The van der Waals surface area contributed by atoms with E-state index < -0.39 is 0 Å². The summed E-state index contributed by atoms with van der Waals surface area (Å²) in [5.41, 5.74) is 5.56. The van der Waals surface area contributed by atoms with E-state index in [1.165, 1.54) is 0 Å². The van der Waals surface area contributed by atoms with Crippen LogP contribution in [0.1, 0.15) is 70.4 Å². The molecule has 0 amide bonds. The Morgan fingerprint density at radius 3 is 1.87 bits per heavy atom. The summed E-state index contributed by atoms with van der Waals surface area (Å²) >= 11 is 0. The standard InChI is InChI=1S/C33H39NO4/c1-32(2)17-25-30(27(35)19-32)29(23-11-13-24(14-12-23)38-21-22-9-7-6-8-10-22)31-26(34(25)15-16-37-5)18-33(3,4)20-28(31)36/h6-14,29H,15-21H2,1-5H3. The van der Waals surface area contributed by atoms with Gasteiger partial charge in [0, 0.05) is 55.0 Å². The van der Waals surface area contributed by atoms with E-state index in [2.05, 4.69) is 32.6 Å². The Morgan fingerprint density at radius 2 is 1.34 bits per heavy atom.